The first-order chi connectivity index (χ1) is 7.35. The van der Waals surface area contributed by atoms with Crippen molar-refractivity contribution >= 4 is 5.65 Å². The number of aliphatic hydroxyl groups is 1. The van der Waals surface area contributed by atoms with E-state index in [9.17, 15) is 0 Å². The van der Waals surface area contributed by atoms with Gasteiger partial charge in [0.25, 0.3) is 0 Å². The molecule has 15 heavy (non-hydrogen) atoms. The minimum Gasteiger partial charge on any atom is -0.396 e. The largest absolute Gasteiger partial charge is 0.396 e. The average molecular weight is 202 g/mol. The van der Waals surface area contributed by atoms with Crippen molar-refractivity contribution in [3.05, 3.63) is 29.7 Å². The summed E-state index contributed by atoms with van der Waals surface area (Å²) in [4.78, 5) is 0. The van der Waals surface area contributed by atoms with E-state index in [0.29, 0.717) is 24.1 Å². The predicted octanol–water partition coefficient (Wildman–Crippen LogP) is 0.526. The molecule has 2 aromatic heterocycles. The fourth-order valence-electron chi connectivity index (χ4n) is 1.42. The highest BCUT2D eigenvalue weighted by atomic mass is 16.2. The maximum atomic E-state index is 8.72. The molecule has 0 spiro atoms. The van der Waals surface area contributed by atoms with Crippen molar-refractivity contribution in [1.29, 1.82) is 5.26 Å². The number of nitrogens with zero attached hydrogens (tertiary/aromatic N) is 4. The van der Waals surface area contributed by atoms with Gasteiger partial charge < -0.3 is 5.11 Å². The molecule has 0 atom stereocenters. The van der Waals surface area contributed by atoms with Crippen LogP contribution in [0.25, 0.3) is 5.65 Å². The van der Waals surface area contributed by atoms with Gasteiger partial charge in [0.1, 0.15) is 5.82 Å². The number of aromatic nitrogens is 3. The lowest BCUT2D eigenvalue weighted by Gasteiger charge is -1.97. The van der Waals surface area contributed by atoms with Gasteiger partial charge in [-0.2, -0.15) is 5.26 Å². The van der Waals surface area contributed by atoms with Crippen LogP contribution in [0.2, 0.25) is 0 Å². The third-order valence-electron chi connectivity index (χ3n) is 2.17. The lowest BCUT2D eigenvalue weighted by Crippen LogP contribution is -1.96. The van der Waals surface area contributed by atoms with E-state index < -0.39 is 0 Å². The third-order valence-corrected chi connectivity index (χ3v) is 2.17. The van der Waals surface area contributed by atoms with Gasteiger partial charge in [-0.3, -0.25) is 4.40 Å². The summed E-state index contributed by atoms with van der Waals surface area (Å²) in [5.74, 6) is 0.809. The van der Waals surface area contributed by atoms with Crippen LogP contribution >= 0.6 is 0 Å². The Morgan fingerprint density at radius 2 is 2.33 bits per heavy atom. The van der Waals surface area contributed by atoms with E-state index in [4.69, 9.17) is 10.4 Å². The standard InChI is InChI=1S/C10H10N4O/c11-7-8-3-4-14-9(2-1-5-15)12-13-10(14)6-8/h3-4,6,15H,1-2,5H2. The van der Waals surface area contributed by atoms with Crippen LogP contribution in [0.4, 0.5) is 0 Å². The number of fused-ring (bicyclic) bond motifs is 1. The molecule has 1 N–H and O–H groups in total. The van der Waals surface area contributed by atoms with Crippen molar-refractivity contribution in [2.24, 2.45) is 0 Å². The maximum absolute atomic E-state index is 8.72. The molecule has 5 heteroatoms. The van der Waals surface area contributed by atoms with Crippen LogP contribution in [0, 0.1) is 11.3 Å². The van der Waals surface area contributed by atoms with Crippen molar-refractivity contribution in [2.75, 3.05) is 6.61 Å². The first-order valence-electron chi connectivity index (χ1n) is 4.70. The van der Waals surface area contributed by atoms with E-state index in [1.807, 2.05) is 4.40 Å². The number of aryl methyl sites for hydroxylation is 1. The van der Waals surface area contributed by atoms with Crippen LogP contribution in [0.5, 0.6) is 0 Å². The highest BCUT2D eigenvalue weighted by Crippen LogP contribution is 2.07. The van der Waals surface area contributed by atoms with Gasteiger partial charge in [0.2, 0.25) is 0 Å². The predicted molar refractivity (Wildman–Crippen MR) is 53.1 cm³/mol. The molecular formula is C10H10N4O. The van der Waals surface area contributed by atoms with Gasteiger partial charge in [-0.05, 0) is 12.5 Å². The Morgan fingerprint density at radius 3 is 3.07 bits per heavy atom. The Kier molecular flexibility index (Phi) is 2.61. The van der Waals surface area contributed by atoms with Gasteiger partial charge >= 0.3 is 0 Å². The minimum absolute atomic E-state index is 0.144. The Balaban J connectivity index is 2.39. The second-order valence-corrected chi connectivity index (χ2v) is 3.20. The van der Waals surface area contributed by atoms with E-state index in [1.54, 1.807) is 18.3 Å². The van der Waals surface area contributed by atoms with Gasteiger partial charge in [0.15, 0.2) is 5.65 Å². The van der Waals surface area contributed by atoms with Crippen molar-refractivity contribution in [3.63, 3.8) is 0 Å². The van der Waals surface area contributed by atoms with Crippen LogP contribution in [0.3, 0.4) is 0 Å². The second-order valence-electron chi connectivity index (χ2n) is 3.20. The molecule has 0 unspecified atom stereocenters. The smallest absolute Gasteiger partial charge is 0.162 e. The molecule has 5 nitrogen and oxygen atoms in total. The minimum atomic E-state index is 0.144. The number of rotatable bonds is 3. The number of hydrogen-bond donors (Lipinski definition) is 1. The molecular weight excluding hydrogens is 192 g/mol. The van der Waals surface area contributed by atoms with Crippen molar-refractivity contribution in [3.8, 4) is 6.07 Å². The molecule has 0 saturated heterocycles. The Morgan fingerprint density at radius 1 is 1.47 bits per heavy atom. The molecule has 0 aromatic carbocycles. The van der Waals surface area contributed by atoms with Crippen molar-refractivity contribution in [2.45, 2.75) is 12.8 Å². The Bertz CT molecular complexity index is 512. The summed E-state index contributed by atoms with van der Waals surface area (Å²) in [7, 11) is 0. The quantitative estimate of drug-likeness (QED) is 0.787. The van der Waals surface area contributed by atoms with Gasteiger partial charge in [-0.25, -0.2) is 0 Å². The van der Waals surface area contributed by atoms with Gasteiger partial charge in [-0.15, -0.1) is 10.2 Å². The van der Waals surface area contributed by atoms with E-state index >= 15 is 0 Å². The average Bonchev–Trinajstić information content (AvgIpc) is 2.68. The summed E-state index contributed by atoms with van der Waals surface area (Å²) in [6.07, 6.45) is 3.13. The van der Waals surface area contributed by atoms with E-state index in [0.717, 1.165) is 5.82 Å². The molecule has 0 aliphatic rings. The normalized spacial score (nSPS) is 10.4. The van der Waals surface area contributed by atoms with E-state index in [1.165, 1.54) is 0 Å². The van der Waals surface area contributed by atoms with Crippen LogP contribution in [0.1, 0.15) is 17.8 Å². The molecule has 76 valence electrons. The number of hydrogen-bond acceptors (Lipinski definition) is 4. The van der Waals surface area contributed by atoms with E-state index in [-0.39, 0.29) is 6.61 Å². The molecule has 2 rings (SSSR count). The molecule has 2 aromatic rings. The first-order valence-corrected chi connectivity index (χ1v) is 4.70. The second kappa shape index (κ2) is 4.07. The van der Waals surface area contributed by atoms with Gasteiger partial charge in [0, 0.05) is 25.3 Å². The Hall–Kier alpha value is -1.93. The van der Waals surface area contributed by atoms with E-state index in [2.05, 4.69) is 16.3 Å². The van der Waals surface area contributed by atoms with Crippen LogP contribution in [-0.2, 0) is 6.42 Å². The third kappa shape index (κ3) is 1.80. The fraction of sp³-hybridized carbons (Fsp3) is 0.300. The van der Waals surface area contributed by atoms with Crippen LogP contribution in [-0.4, -0.2) is 26.3 Å². The lowest BCUT2D eigenvalue weighted by molar-refractivity contribution is 0.287. The summed E-state index contributed by atoms with van der Waals surface area (Å²) >= 11 is 0. The molecule has 0 fully saturated rings. The highest BCUT2D eigenvalue weighted by Gasteiger charge is 2.04. The fourth-order valence-corrected chi connectivity index (χ4v) is 1.42. The molecule has 0 radical (unpaired) electrons. The van der Waals surface area contributed by atoms with Gasteiger partial charge in [0.05, 0.1) is 11.6 Å². The van der Waals surface area contributed by atoms with Crippen molar-refractivity contribution in [1.82, 2.24) is 14.6 Å². The zero-order valence-electron chi connectivity index (χ0n) is 8.09. The first kappa shape index (κ1) is 9.62. The van der Waals surface area contributed by atoms with Gasteiger partial charge in [-0.1, -0.05) is 0 Å². The topological polar surface area (TPSA) is 74.2 Å². The van der Waals surface area contributed by atoms with Crippen LogP contribution in [0.15, 0.2) is 18.3 Å². The monoisotopic (exact) mass is 202 g/mol. The summed E-state index contributed by atoms with van der Waals surface area (Å²) in [6.45, 7) is 0.144. The molecule has 0 aliphatic heterocycles. The zero-order chi connectivity index (χ0) is 10.7. The highest BCUT2D eigenvalue weighted by molar-refractivity contribution is 5.45. The lowest BCUT2D eigenvalue weighted by atomic mass is 10.3. The molecule has 0 amide bonds. The SMILES string of the molecule is N#Cc1ccn2c(CCCO)nnc2c1. The molecule has 0 saturated carbocycles. The molecule has 2 heterocycles. The summed E-state index contributed by atoms with van der Waals surface area (Å²) in [5.41, 5.74) is 1.24. The number of pyridine rings is 1. The Labute approximate surface area is 86.6 Å². The maximum Gasteiger partial charge on any atom is 0.162 e. The zero-order valence-corrected chi connectivity index (χ0v) is 8.09. The van der Waals surface area contributed by atoms with Crippen molar-refractivity contribution < 1.29 is 5.11 Å². The molecule has 0 bridgehead atoms. The summed E-state index contributed by atoms with van der Waals surface area (Å²) in [5, 5.41) is 25.4. The summed E-state index contributed by atoms with van der Waals surface area (Å²) in [6, 6.07) is 5.46. The summed E-state index contributed by atoms with van der Waals surface area (Å²) < 4.78 is 1.83. The number of nitriles is 1. The van der Waals surface area contributed by atoms with Crippen LogP contribution < -0.4 is 0 Å². The number of aliphatic hydroxyl groups excluding tert-OH is 1. The molecule has 0 aliphatic carbocycles.